The molecule has 0 aromatic carbocycles. The third-order valence-corrected chi connectivity index (χ3v) is 3.45. The molecule has 1 heterocycles. The molecule has 66 valence electrons. The van der Waals surface area contributed by atoms with Crippen molar-refractivity contribution >= 4 is 11.3 Å². The molecule has 2 rings (SSSR count). The minimum Gasteiger partial charge on any atom is -0.391 e. The highest BCUT2D eigenvalue weighted by Crippen LogP contribution is 2.32. The molecule has 1 aromatic heterocycles. The molecule has 0 amide bonds. The predicted molar refractivity (Wildman–Crippen MR) is 46.8 cm³/mol. The summed E-state index contributed by atoms with van der Waals surface area (Å²) < 4.78 is 13.2. The maximum Gasteiger partial charge on any atom is 0.180 e. The van der Waals surface area contributed by atoms with E-state index < -0.39 is 0 Å². The maximum atomic E-state index is 13.2. The van der Waals surface area contributed by atoms with Crippen molar-refractivity contribution in [3.63, 3.8) is 0 Å². The zero-order chi connectivity index (χ0) is 8.55. The Balaban J connectivity index is 2.47. The van der Waals surface area contributed by atoms with E-state index in [4.69, 9.17) is 5.11 Å². The van der Waals surface area contributed by atoms with E-state index in [1.807, 2.05) is 0 Å². The molecule has 0 fully saturated rings. The van der Waals surface area contributed by atoms with E-state index in [1.54, 1.807) is 0 Å². The Kier molecular flexibility index (Phi) is 2.15. The first kappa shape index (κ1) is 8.20. The van der Waals surface area contributed by atoms with Crippen LogP contribution in [-0.2, 0) is 19.4 Å². The van der Waals surface area contributed by atoms with E-state index in [-0.39, 0.29) is 11.7 Å². The maximum absolute atomic E-state index is 13.2. The second kappa shape index (κ2) is 3.15. The van der Waals surface area contributed by atoms with Crippen molar-refractivity contribution in [2.24, 2.45) is 0 Å². The number of aliphatic hydroxyl groups is 1. The Bertz CT molecular complexity index is 293. The van der Waals surface area contributed by atoms with Crippen molar-refractivity contribution in [1.29, 1.82) is 0 Å². The Hall–Kier alpha value is -0.410. The van der Waals surface area contributed by atoms with Gasteiger partial charge in [0.15, 0.2) is 5.13 Å². The Morgan fingerprint density at radius 1 is 1.25 bits per heavy atom. The van der Waals surface area contributed by atoms with Crippen molar-refractivity contribution in [1.82, 2.24) is 0 Å². The molecule has 0 unspecified atom stereocenters. The average Bonchev–Trinajstić information content (AvgIpc) is 2.44. The number of halogens is 1. The fourth-order valence-corrected chi connectivity index (χ4v) is 2.77. The quantitative estimate of drug-likeness (QED) is 0.713. The Morgan fingerprint density at radius 3 is 2.58 bits per heavy atom. The molecule has 12 heavy (non-hydrogen) atoms. The largest absolute Gasteiger partial charge is 0.391 e. The number of rotatable bonds is 1. The molecule has 1 N–H and O–H groups in total. The zero-order valence-electron chi connectivity index (χ0n) is 6.77. The van der Waals surface area contributed by atoms with Crippen LogP contribution in [0.2, 0.25) is 0 Å². The monoisotopic (exact) mass is 186 g/mol. The van der Waals surface area contributed by atoms with E-state index in [9.17, 15) is 4.39 Å². The SMILES string of the molecule is OCc1sc(F)c2c1CCCC2. The molecule has 0 saturated heterocycles. The third kappa shape index (κ3) is 1.17. The van der Waals surface area contributed by atoms with Gasteiger partial charge in [-0.25, -0.2) is 0 Å². The average molecular weight is 186 g/mol. The summed E-state index contributed by atoms with van der Waals surface area (Å²) in [6, 6.07) is 0. The zero-order valence-corrected chi connectivity index (χ0v) is 7.59. The van der Waals surface area contributed by atoms with Crippen molar-refractivity contribution in [2.75, 3.05) is 0 Å². The minimum atomic E-state index is -0.0752. The van der Waals surface area contributed by atoms with Gasteiger partial charge in [0.25, 0.3) is 0 Å². The lowest BCUT2D eigenvalue weighted by Crippen LogP contribution is -2.02. The van der Waals surface area contributed by atoms with Crippen molar-refractivity contribution in [3.8, 4) is 0 Å². The van der Waals surface area contributed by atoms with Crippen LogP contribution in [0.5, 0.6) is 0 Å². The van der Waals surface area contributed by atoms with Crippen LogP contribution in [0, 0.1) is 5.13 Å². The van der Waals surface area contributed by atoms with Crippen LogP contribution in [0.1, 0.15) is 28.8 Å². The predicted octanol–water partition coefficient (Wildman–Crippen LogP) is 2.26. The highest BCUT2D eigenvalue weighted by atomic mass is 32.1. The molecule has 3 heteroatoms. The molecule has 1 aliphatic carbocycles. The van der Waals surface area contributed by atoms with Gasteiger partial charge >= 0.3 is 0 Å². The van der Waals surface area contributed by atoms with Crippen LogP contribution in [0.25, 0.3) is 0 Å². The smallest absolute Gasteiger partial charge is 0.180 e. The van der Waals surface area contributed by atoms with E-state index in [0.717, 1.165) is 53.0 Å². The number of aliphatic hydroxyl groups excluding tert-OH is 1. The standard InChI is InChI=1S/C9H11FOS/c10-9-7-4-2-1-3-6(7)8(5-11)12-9/h11H,1-5H2. The van der Waals surface area contributed by atoms with Crippen molar-refractivity contribution in [2.45, 2.75) is 32.3 Å². The van der Waals surface area contributed by atoms with Crippen LogP contribution in [0.15, 0.2) is 0 Å². The molecule has 0 bridgehead atoms. The van der Waals surface area contributed by atoms with Gasteiger partial charge in [-0.05, 0) is 31.2 Å². The molecule has 0 radical (unpaired) electrons. The molecular weight excluding hydrogens is 175 g/mol. The van der Waals surface area contributed by atoms with Crippen LogP contribution >= 0.6 is 11.3 Å². The summed E-state index contributed by atoms with van der Waals surface area (Å²) in [6.45, 7) is -0.00306. The van der Waals surface area contributed by atoms with Gasteiger partial charge in [0, 0.05) is 10.4 Å². The van der Waals surface area contributed by atoms with Crippen LogP contribution in [-0.4, -0.2) is 5.11 Å². The molecule has 0 spiro atoms. The van der Waals surface area contributed by atoms with Gasteiger partial charge in [-0.1, -0.05) is 0 Å². The summed E-state index contributed by atoms with van der Waals surface area (Å²) in [6.07, 6.45) is 4.03. The number of fused-ring (bicyclic) bond motifs is 1. The fourth-order valence-electron chi connectivity index (χ4n) is 1.79. The summed E-state index contributed by atoms with van der Waals surface area (Å²) in [5, 5.41) is 8.88. The van der Waals surface area contributed by atoms with Gasteiger partial charge in [0.05, 0.1) is 6.61 Å². The Labute approximate surface area is 74.9 Å². The lowest BCUT2D eigenvalue weighted by molar-refractivity contribution is 0.284. The summed E-state index contributed by atoms with van der Waals surface area (Å²) >= 11 is 1.11. The molecule has 1 aromatic rings. The molecule has 1 aliphatic rings. The van der Waals surface area contributed by atoms with Gasteiger partial charge < -0.3 is 5.11 Å². The van der Waals surface area contributed by atoms with Crippen LogP contribution < -0.4 is 0 Å². The highest BCUT2D eigenvalue weighted by molar-refractivity contribution is 7.10. The molecule has 0 atom stereocenters. The topological polar surface area (TPSA) is 20.2 Å². The van der Waals surface area contributed by atoms with Crippen molar-refractivity contribution < 1.29 is 9.50 Å². The second-order valence-corrected chi connectivity index (χ2v) is 4.18. The molecular formula is C9H11FOS. The first-order valence-corrected chi connectivity index (χ1v) is 5.04. The van der Waals surface area contributed by atoms with Gasteiger partial charge in [-0.15, -0.1) is 11.3 Å². The van der Waals surface area contributed by atoms with E-state index in [2.05, 4.69) is 0 Å². The van der Waals surface area contributed by atoms with Gasteiger partial charge in [-0.3, -0.25) is 0 Å². The Morgan fingerprint density at radius 2 is 1.92 bits per heavy atom. The number of hydrogen-bond donors (Lipinski definition) is 1. The summed E-state index contributed by atoms with van der Waals surface area (Å²) in [5.74, 6) is 0. The van der Waals surface area contributed by atoms with Gasteiger partial charge in [0.1, 0.15) is 0 Å². The van der Waals surface area contributed by atoms with E-state index in [0.29, 0.717) is 0 Å². The normalized spacial score (nSPS) is 16.2. The molecule has 0 saturated carbocycles. The van der Waals surface area contributed by atoms with Gasteiger partial charge in [0.2, 0.25) is 0 Å². The lowest BCUT2D eigenvalue weighted by Gasteiger charge is -2.11. The van der Waals surface area contributed by atoms with E-state index >= 15 is 0 Å². The number of thiophene rings is 1. The van der Waals surface area contributed by atoms with E-state index in [1.165, 1.54) is 0 Å². The lowest BCUT2D eigenvalue weighted by atomic mass is 9.94. The van der Waals surface area contributed by atoms with Crippen LogP contribution in [0.3, 0.4) is 0 Å². The summed E-state index contributed by atoms with van der Waals surface area (Å²) in [5.41, 5.74) is 1.96. The minimum absolute atomic E-state index is 0.00306. The molecule has 0 aliphatic heterocycles. The highest BCUT2D eigenvalue weighted by Gasteiger charge is 2.19. The molecule has 1 nitrogen and oxygen atoms in total. The number of hydrogen-bond acceptors (Lipinski definition) is 2. The van der Waals surface area contributed by atoms with Crippen LogP contribution in [0.4, 0.5) is 4.39 Å². The first-order valence-electron chi connectivity index (χ1n) is 4.22. The summed E-state index contributed by atoms with van der Waals surface area (Å²) in [7, 11) is 0. The van der Waals surface area contributed by atoms with Crippen molar-refractivity contribution in [3.05, 3.63) is 21.1 Å². The first-order chi connectivity index (χ1) is 5.83. The second-order valence-electron chi connectivity index (χ2n) is 3.12. The van der Waals surface area contributed by atoms with Gasteiger partial charge in [-0.2, -0.15) is 4.39 Å². The fraction of sp³-hybridized carbons (Fsp3) is 0.556. The summed E-state index contributed by atoms with van der Waals surface area (Å²) in [4.78, 5) is 0.835. The third-order valence-electron chi connectivity index (χ3n) is 2.40.